The molecule has 4 rings (SSSR count). The number of carbonyl (C=O) groups is 3. The molecule has 0 bridgehead atoms. The van der Waals surface area contributed by atoms with Crippen molar-refractivity contribution in [2.75, 3.05) is 13.1 Å². The Morgan fingerprint density at radius 2 is 1.80 bits per heavy atom. The molecule has 3 aliphatic rings. The number of hydrogen-bond acceptors (Lipinski definition) is 5. The van der Waals surface area contributed by atoms with E-state index in [1.807, 2.05) is 30.0 Å². The number of nitrogens with one attached hydrogen (secondary N) is 1. The normalized spacial score (nSPS) is 31.5. The first-order valence-electron chi connectivity index (χ1n) is 12.9. The number of aliphatic hydroxyl groups excluding tert-OH is 1. The number of amides is 3. The Morgan fingerprint density at radius 1 is 1.09 bits per heavy atom. The maximum Gasteiger partial charge on any atom is 0.408 e. The molecule has 8 nitrogen and oxygen atoms in total. The molecule has 0 radical (unpaired) electrons. The van der Waals surface area contributed by atoms with Gasteiger partial charge in [-0.05, 0) is 57.9 Å². The monoisotopic (exact) mass is 485 g/mol. The Balaban J connectivity index is 1.50. The molecule has 3 aliphatic heterocycles. The van der Waals surface area contributed by atoms with Crippen LogP contribution in [0.25, 0.3) is 0 Å². The van der Waals surface area contributed by atoms with Gasteiger partial charge in [0.25, 0.3) is 0 Å². The summed E-state index contributed by atoms with van der Waals surface area (Å²) in [6.45, 7) is 8.56. The summed E-state index contributed by atoms with van der Waals surface area (Å²) in [4.78, 5) is 43.5. The predicted octanol–water partition coefficient (Wildman–Crippen LogP) is 3.05. The number of nitrogens with zero attached hydrogens (tertiary/aromatic N) is 2. The van der Waals surface area contributed by atoms with Gasteiger partial charge in [0.2, 0.25) is 11.8 Å². The van der Waals surface area contributed by atoms with Gasteiger partial charge in [-0.2, -0.15) is 0 Å². The molecule has 1 aromatic rings. The number of benzene rings is 1. The van der Waals surface area contributed by atoms with Crippen LogP contribution in [0.15, 0.2) is 30.3 Å². The van der Waals surface area contributed by atoms with Gasteiger partial charge < -0.3 is 25.0 Å². The largest absolute Gasteiger partial charge is 0.444 e. The lowest BCUT2D eigenvalue weighted by molar-refractivity contribution is -0.148. The molecule has 0 aromatic heterocycles. The maximum atomic E-state index is 13.7. The molecular weight excluding hydrogens is 446 g/mol. The van der Waals surface area contributed by atoms with Gasteiger partial charge in [-0.3, -0.25) is 9.59 Å². The molecule has 3 fully saturated rings. The average molecular weight is 486 g/mol. The standard InChI is InChI=1S/C27H39N3O5/c1-17-14-20-10-11-22(25(33)29-13-12-19(16-29)18-8-6-5-7-9-18)30(20)24(32)21(15-23(17)31)28-26(34)35-27(2,3)4/h5-9,17,19-23,31H,10-16H2,1-4H3,(H,28,34)/t17-,19+,20+,21-,22-,23-/m0/s1. The number of rotatable bonds is 3. The lowest BCUT2D eigenvalue weighted by Gasteiger charge is -2.39. The van der Waals surface area contributed by atoms with Crippen LogP contribution in [-0.2, 0) is 14.3 Å². The number of hydrogen-bond donors (Lipinski definition) is 2. The van der Waals surface area contributed by atoms with Gasteiger partial charge in [-0.1, -0.05) is 37.3 Å². The van der Waals surface area contributed by atoms with Crippen LogP contribution in [-0.4, -0.2) is 75.7 Å². The number of aliphatic hydroxyl groups is 1. The quantitative estimate of drug-likeness (QED) is 0.686. The first-order chi connectivity index (χ1) is 16.5. The van der Waals surface area contributed by atoms with Crippen molar-refractivity contribution < 1.29 is 24.2 Å². The van der Waals surface area contributed by atoms with Crippen LogP contribution < -0.4 is 5.32 Å². The van der Waals surface area contributed by atoms with E-state index in [-0.39, 0.29) is 30.2 Å². The Hall–Kier alpha value is -2.61. The summed E-state index contributed by atoms with van der Waals surface area (Å²) in [6.07, 6.45) is 1.55. The topological polar surface area (TPSA) is 99.2 Å². The maximum absolute atomic E-state index is 13.7. The summed E-state index contributed by atoms with van der Waals surface area (Å²) in [7, 11) is 0. The van der Waals surface area contributed by atoms with Crippen molar-refractivity contribution in [3.05, 3.63) is 35.9 Å². The number of carbonyl (C=O) groups excluding carboxylic acids is 3. The highest BCUT2D eigenvalue weighted by molar-refractivity contribution is 5.92. The van der Waals surface area contributed by atoms with E-state index < -0.39 is 29.9 Å². The highest BCUT2D eigenvalue weighted by Crippen LogP contribution is 2.36. The summed E-state index contributed by atoms with van der Waals surface area (Å²) in [6, 6.07) is 8.64. The number of likely N-dealkylation sites (tertiary alicyclic amines) is 1. The van der Waals surface area contributed by atoms with Crippen LogP contribution in [0, 0.1) is 5.92 Å². The fourth-order valence-electron chi connectivity index (χ4n) is 5.77. The molecule has 0 saturated carbocycles. The first-order valence-corrected chi connectivity index (χ1v) is 12.9. The lowest BCUT2D eigenvalue weighted by Crippen LogP contribution is -2.58. The van der Waals surface area contributed by atoms with E-state index in [0.29, 0.717) is 38.3 Å². The Kier molecular flexibility index (Phi) is 7.40. The van der Waals surface area contributed by atoms with Gasteiger partial charge in [0.05, 0.1) is 6.10 Å². The molecule has 35 heavy (non-hydrogen) atoms. The van der Waals surface area contributed by atoms with Crippen molar-refractivity contribution in [3.8, 4) is 0 Å². The number of ether oxygens (including phenoxy) is 1. The van der Waals surface area contributed by atoms with E-state index in [1.165, 1.54) is 5.56 Å². The zero-order chi connectivity index (χ0) is 25.3. The van der Waals surface area contributed by atoms with E-state index in [4.69, 9.17) is 4.74 Å². The molecule has 3 heterocycles. The summed E-state index contributed by atoms with van der Waals surface area (Å²) in [5, 5.41) is 13.4. The minimum absolute atomic E-state index is 0.0101. The van der Waals surface area contributed by atoms with Crippen molar-refractivity contribution in [1.82, 2.24) is 15.1 Å². The fraction of sp³-hybridized carbons (Fsp3) is 0.667. The van der Waals surface area contributed by atoms with E-state index >= 15 is 0 Å². The molecule has 0 unspecified atom stereocenters. The van der Waals surface area contributed by atoms with Gasteiger partial charge in [0, 0.05) is 31.5 Å². The van der Waals surface area contributed by atoms with Crippen molar-refractivity contribution in [1.29, 1.82) is 0 Å². The third-order valence-electron chi connectivity index (χ3n) is 7.58. The van der Waals surface area contributed by atoms with Crippen LogP contribution in [0.3, 0.4) is 0 Å². The second kappa shape index (κ2) is 10.2. The van der Waals surface area contributed by atoms with Crippen molar-refractivity contribution in [3.63, 3.8) is 0 Å². The van der Waals surface area contributed by atoms with E-state index in [0.717, 1.165) is 6.42 Å². The minimum atomic E-state index is -0.936. The zero-order valence-electron chi connectivity index (χ0n) is 21.3. The molecule has 2 N–H and O–H groups in total. The number of fused-ring (bicyclic) bond motifs is 1. The van der Waals surface area contributed by atoms with Gasteiger partial charge in [0.15, 0.2) is 0 Å². The zero-order valence-corrected chi connectivity index (χ0v) is 21.3. The molecule has 192 valence electrons. The van der Waals surface area contributed by atoms with Crippen LogP contribution in [0.1, 0.15) is 71.3 Å². The smallest absolute Gasteiger partial charge is 0.408 e. The van der Waals surface area contributed by atoms with Crippen LogP contribution in [0.5, 0.6) is 0 Å². The molecule has 6 atom stereocenters. The second-order valence-corrected chi connectivity index (χ2v) is 11.4. The minimum Gasteiger partial charge on any atom is -0.444 e. The Morgan fingerprint density at radius 3 is 2.49 bits per heavy atom. The molecule has 1 aromatic carbocycles. The molecule has 3 amide bonds. The highest BCUT2D eigenvalue weighted by atomic mass is 16.6. The third-order valence-corrected chi connectivity index (χ3v) is 7.58. The number of alkyl carbamates (subject to hydrolysis) is 1. The van der Waals surface area contributed by atoms with Crippen molar-refractivity contribution in [2.45, 2.75) is 95.5 Å². The Labute approximate surface area is 208 Å². The Bertz CT molecular complexity index is 930. The van der Waals surface area contributed by atoms with Gasteiger partial charge in [0.1, 0.15) is 17.7 Å². The SMILES string of the molecule is C[C@H]1C[C@H]2CC[C@@H](C(=O)N3CC[C@@H](c4ccccc4)C3)N2C(=O)[C@@H](NC(=O)OC(C)(C)C)C[C@@H]1O. The second-order valence-electron chi connectivity index (χ2n) is 11.4. The van der Waals surface area contributed by atoms with Crippen LogP contribution in [0.4, 0.5) is 4.79 Å². The lowest BCUT2D eigenvalue weighted by atomic mass is 9.88. The molecule has 3 saturated heterocycles. The summed E-state index contributed by atoms with van der Waals surface area (Å²) >= 11 is 0. The highest BCUT2D eigenvalue weighted by Gasteiger charge is 2.48. The summed E-state index contributed by atoms with van der Waals surface area (Å²) < 4.78 is 5.37. The van der Waals surface area contributed by atoms with Gasteiger partial charge in [-0.25, -0.2) is 4.79 Å². The van der Waals surface area contributed by atoms with Gasteiger partial charge >= 0.3 is 6.09 Å². The van der Waals surface area contributed by atoms with Crippen molar-refractivity contribution >= 4 is 17.9 Å². The first kappa shape index (κ1) is 25.5. The average Bonchev–Trinajstić information content (AvgIpc) is 3.44. The molecule has 0 spiro atoms. The fourth-order valence-corrected chi connectivity index (χ4v) is 5.77. The summed E-state index contributed by atoms with van der Waals surface area (Å²) in [5.74, 6) is -0.0655. The van der Waals surface area contributed by atoms with Crippen LogP contribution in [0.2, 0.25) is 0 Å². The third kappa shape index (κ3) is 5.80. The predicted molar refractivity (Wildman–Crippen MR) is 132 cm³/mol. The van der Waals surface area contributed by atoms with E-state index in [2.05, 4.69) is 17.4 Å². The summed E-state index contributed by atoms with van der Waals surface area (Å²) in [5.41, 5.74) is 0.527. The molecule has 0 aliphatic carbocycles. The van der Waals surface area contributed by atoms with Gasteiger partial charge in [-0.15, -0.1) is 0 Å². The van der Waals surface area contributed by atoms with Crippen molar-refractivity contribution in [2.24, 2.45) is 5.92 Å². The molecule has 8 heteroatoms. The van der Waals surface area contributed by atoms with E-state index in [1.54, 1.807) is 25.7 Å². The van der Waals surface area contributed by atoms with Crippen LogP contribution >= 0.6 is 0 Å². The van der Waals surface area contributed by atoms with E-state index in [9.17, 15) is 19.5 Å². The molecular formula is C27H39N3O5.